The van der Waals surface area contributed by atoms with E-state index in [1.165, 1.54) is 24.3 Å². The highest BCUT2D eigenvalue weighted by Gasteiger charge is 2.48. The van der Waals surface area contributed by atoms with Crippen molar-refractivity contribution in [2.24, 2.45) is 5.41 Å². The molecule has 7 heteroatoms. The van der Waals surface area contributed by atoms with Gasteiger partial charge in [0.1, 0.15) is 5.75 Å². The summed E-state index contributed by atoms with van der Waals surface area (Å²) in [5, 5.41) is 0. The van der Waals surface area contributed by atoms with Crippen molar-refractivity contribution in [2.75, 3.05) is 18.1 Å². The van der Waals surface area contributed by atoms with Gasteiger partial charge in [-0.25, -0.2) is 0 Å². The van der Waals surface area contributed by atoms with Crippen LogP contribution in [0.4, 0.5) is 18.9 Å². The van der Waals surface area contributed by atoms with Crippen LogP contribution < -0.4 is 9.64 Å². The molecule has 0 atom stereocenters. The fourth-order valence-corrected chi connectivity index (χ4v) is 3.90. The normalized spacial score (nSPS) is 27.1. The quantitative estimate of drug-likeness (QED) is 0.807. The molecule has 1 spiro atoms. The Balaban J connectivity index is 1.66. The molecule has 1 amide bonds. The van der Waals surface area contributed by atoms with Gasteiger partial charge < -0.3 is 14.4 Å². The standard InChI is InChI=1S/C18H22F3NO3/c1-2-24-14-7-9-17(10-8-14)11-12-22(16(17)23)13-3-5-15(6-4-13)25-18(19,20)21/h3-6,14H,2,7-12H2,1H3. The third-order valence-electron chi connectivity index (χ3n) is 5.19. The first-order valence-electron chi connectivity index (χ1n) is 8.62. The van der Waals surface area contributed by atoms with E-state index in [2.05, 4.69) is 4.74 Å². The summed E-state index contributed by atoms with van der Waals surface area (Å²) >= 11 is 0. The molecule has 2 fully saturated rings. The van der Waals surface area contributed by atoms with E-state index in [0.717, 1.165) is 32.1 Å². The second kappa shape index (κ2) is 6.86. The number of hydrogen-bond acceptors (Lipinski definition) is 3. The van der Waals surface area contributed by atoms with E-state index in [4.69, 9.17) is 4.74 Å². The van der Waals surface area contributed by atoms with Crippen molar-refractivity contribution in [3.05, 3.63) is 24.3 Å². The number of alkyl halides is 3. The highest BCUT2D eigenvalue weighted by Crippen LogP contribution is 2.46. The van der Waals surface area contributed by atoms with Crippen LogP contribution in [-0.2, 0) is 9.53 Å². The Morgan fingerprint density at radius 1 is 1.16 bits per heavy atom. The first-order chi connectivity index (χ1) is 11.8. The van der Waals surface area contributed by atoms with Crippen molar-refractivity contribution in [2.45, 2.75) is 51.5 Å². The van der Waals surface area contributed by atoms with Crippen LogP contribution in [0.3, 0.4) is 0 Å². The van der Waals surface area contributed by atoms with E-state index in [-0.39, 0.29) is 23.2 Å². The van der Waals surface area contributed by atoms with Crippen LogP contribution in [0.5, 0.6) is 5.75 Å². The van der Waals surface area contributed by atoms with Crippen LogP contribution in [-0.4, -0.2) is 31.5 Å². The van der Waals surface area contributed by atoms with Gasteiger partial charge >= 0.3 is 6.36 Å². The zero-order chi connectivity index (χ0) is 18.1. The van der Waals surface area contributed by atoms with Gasteiger partial charge in [-0.3, -0.25) is 4.79 Å². The largest absolute Gasteiger partial charge is 0.573 e. The Morgan fingerprint density at radius 3 is 2.36 bits per heavy atom. The lowest BCUT2D eigenvalue weighted by Crippen LogP contribution is -2.39. The lowest BCUT2D eigenvalue weighted by atomic mass is 9.72. The number of ether oxygens (including phenoxy) is 2. The summed E-state index contributed by atoms with van der Waals surface area (Å²) < 4.78 is 46.2. The number of nitrogens with zero attached hydrogens (tertiary/aromatic N) is 1. The van der Waals surface area contributed by atoms with E-state index in [1.807, 2.05) is 6.92 Å². The summed E-state index contributed by atoms with van der Waals surface area (Å²) in [6, 6.07) is 5.49. The van der Waals surface area contributed by atoms with Gasteiger partial charge in [0.2, 0.25) is 5.91 Å². The van der Waals surface area contributed by atoms with Gasteiger partial charge in [0, 0.05) is 18.8 Å². The zero-order valence-electron chi connectivity index (χ0n) is 14.1. The first kappa shape index (κ1) is 18.0. The lowest BCUT2D eigenvalue weighted by Gasteiger charge is -2.35. The number of benzene rings is 1. The number of anilines is 1. The van der Waals surface area contributed by atoms with Crippen LogP contribution in [0.1, 0.15) is 39.0 Å². The maximum atomic E-state index is 12.9. The Bertz CT molecular complexity index is 607. The van der Waals surface area contributed by atoms with Crippen molar-refractivity contribution in [1.82, 2.24) is 0 Å². The van der Waals surface area contributed by atoms with Gasteiger partial charge in [0.05, 0.1) is 11.5 Å². The number of halogens is 3. The number of hydrogen-bond donors (Lipinski definition) is 0. The molecule has 1 aliphatic heterocycles. The van der Waals surface area contributed by atoms with Crippen molar-refractivity contribution in [1.29, 1.82) is 0 Å². The highest BCUT2D eigenvalue weighted by atomic mass is 19.4. The summed E-state index contributed by atoms with van der Waals surface area (Å²) in [5.74, 6) is -0.207. The molecule has 0 bridgehead atoms. The van der Waals surface area contributed by atoms with Crippen LogP contribution in [0, 0.1) is 5.41 Å². The first-order valence-corrected chi connectivity index (χ1v) is 8.62. The number of carbonyl (C=O) groups excluding carboxylic acids is 1. The molecule has 0 radical (unpaired) electrons. The maximum absolute atomic E-state index is 12.9. The van der Waals surface area contributed by atoms with Crippen LogP contribution in [0.2, 0.25) is 0 Å². The van der Waals surface area contributed by atoms with Crippen molar-refractivity contribution < 1.29 is 27.4 Å². The molecule has 1 aliphatic carbocycles. The zero-order valence-corrected chi connectivity index (χ0v) is 14.1. The average molecular weight is 357 g/mol. The van der Waals surface area contributed by atoms with Gasteiger partial charge in [0.25, 0.3) is 0 Å². The van der Waals surface area contributed by atoms with Crippen LogP contribution in [0.25, 0.3) is 0 Å². The summed E-state index contributed by atoms with van der Waals surface area (Å²) in [4.78, 5) is 14.6. The van der Waals surface area contributed by atoms with E-state index in [9.17, 15) is 18.0 Å². The van der Waals surface area contributed by atoms with Crippen LogP contribution in [0.15, 0.2) is 24.3 Å². The lowest BCUT2D eigenvalue weighted by molar-refractivity contribution is -0.274. The van der Waals surface area contributed by atoms with Gasteiger partial charge in [-0.2, -0.15) is 0 Å². The minimum absolute atomic E-state index is 0.0759. The van der Waals surface area contributed by atoms with Gasteiger partial charge in [-0.1, -0.05) is 0 Å². The molecule has 1 aromatic rings. The monoisotopic (exact) mass is 357 g/mol. The molecule has 138 valence electrons. The van der Waals surface area contributed by atoms with E-state index in [0.29, 0.717) is 18.8 Å². The number of amides is 1. The van der Waals surface area contributed by atoms with Gasteiger partial charge in [-0.15, -0.1) is 13.2 Å². The van der Waals surface area contributed by atoms with Crippen molar-refractivity contribution in [3.63, 3.8) is 0 Å². The fourth-order valence-electron chi connectivity index (χ4n) is 3.90. The molecule has 1 saturated heterocycles. The summed E-state index contributed by atoms with van der Waals surface area (Å²) in [6.07, 6.45) is -0.321. The van der Waals surface area contributed by atoms with E-state index < -0.39 is 6.36 Å². The smallest absolute Gasteiger partial charge is 0.406 e. The van der Waals surface area contributed by atoms with Crippen LogP contribution >= 0.6 is 0 Å². The van der Waals surface area contributed by atoms with Gasteiger partial charge in [0.15, 0.2) is 0 Å². The molecule has 0 unspecified atom stereocenters. The maximum Gasteiger partial charge on any atom is 0.573 e. The summed E-state index contributed by atoms with van der Waals surface area (Å²) in [7, 11) is 0. The van der Waals surface area contributed by atoms with E-state index in [1.54, 1.807) is 4.90 Å². The molecule has 2 aliphatic rings. The summed E-state index contributed by atoms with van der Waals surface area (Å²) in [6.45, 7) is 3.25. The molecule has 0 aromatic heterocycles. The predicted octanol–water partition coefficient (Wildman–Crippen LogP) is 4.29. The average Bonchev–Trinajstić information content (AvgIpc) is 2.86. The molecular weight excluding hydrogens is 335 g/mol. The topological polar surface area (TPSA) is 38.8 Å². The minimum Gasteiger partial charge on any atom is -0.406 e. The number of carbonyl (C=O) groups is 1. The third kappa shape index (κ3) is 3.92. The van der Waals surface area contributed by atoms with Crippen molar-refractivity contribution in [3.8, 4) is 5.75 Å². The Hall–Kier alpha value is -1.76. The van der Waals surface area contributed by atoms with Gasteiger partial charge in [-0.05, 0) is 63.3 Å². The highest BCUT2D eigenvalue weighted by molar-refractivity contribution is 6.00. The third-order valence-corrected chi connectivity index (χ3v) is 5.19. The second-order valence-corrected chi connectivity index (χ2v) is 6.68. The molecular formula is C18H22F3NO3. The fraction of sp³-hybridized carbons (Fsp3) is 0.611. The SMILES string of the molecule is CCOC1CCC2(CC1)CCN(c1ccc(OC(F)(F)F)cc1)C2=O. The summed E-state index contributed by atoms with van der Waals surface area (Å²) in [5.41, 5.74) is 0.276. The Labute approximate surface area is 144 Å². The number of rotatable bonds is 4. The molecule has 1 aromatic carbocycles. The van der Waals surface area contributed by atoms with E-state index >= 15 is 0 Å². The second-order valence-electron chi connectivity index (χ2n) is 6.68. The molecule has 3 rings (SSSR count). The molecule has 1 saturated carbocycles. The van der Waals surface area contributed by atoms with Crippen molar-refractivity contribution >= 4 is 11.6 Å². The molecule has 1 heterocycles. The Morgan fingerprint density at radius 2 is 1.80 bits per heavy atom. The molecule has 4 nitrogen and oxygen atoms in total. The Kier molecular flexibility index (Phi) is 4.95. The molecule has 0 N–H and O–H groups in total. The minimum atomic E-state index is -4.71. The molecule has 25 heavy (non-hydrogen) atoms. The predicted molar refractivity (Wildman–Crippen MR) is 86.4 cm³/mol.